The maximum Gasteiger partial charge on any atom is 0.305 e. The normalized spacial score (nSPS) is 30.5. The number of methoxy groups -OCH3 is 1. The van der Waals surface area contributed by atoms with Crippen molar-refractivity contribution in [2.45, 2.75) is 96.4 Å². The van der Waals surface area contributed by atoms with E-state index in [-0.39, 0.29) is 18.4 Å². The van der Waals surface area contributed by atoms with Gasteiger partial charge in [0.25, 0.3) is 0 Å². The van der Waals surface area contributed by atoms with Gasteiger partial charge in [-0.2, -0.15) is 0 Å². The van der Waals surface area contributed by atoms with E-state index in [1.807, 2.05) is 0 Å². The predicted molar refractivity (Wildman–Crippen MR) is 129 cm³/mol. The van der Waals surface area contributed by atoms with Gasteiger partial charge in [0.2, 0.25) is 0 Å². The highest BCUT2D eigenvalue weighted by atomic mass is 16.7. The number of hydrogen-bond acceptors (Lipinski definition) is 4. The molecule has 3 aliphatic rings. The van der Waals surface area contributed by atoms with Crippen LogP contribution in [0.15, 0.2) is 36.5 Å². The van der Waals surface area contributed by atoms with Crippen molar-refractivity contribution >= 4 is 5.97 Å². The Morgan fingerprint density at radius 2 is 2.03 bits per heavy atom. The van der Waals surface area contributed by atoms with Crippen molar-refractivity contribution in [1.82, 2.24) is 0 Å². The van der Waals surface area contributed by atoms with Crippen molar-refractivity contribution in [3.05, 3.63) is 36.5 Å². The summed E-state index contributed by atoms with van der Waals surface area (Å²) in [6.45, 7) is 3.09. The van der Waals surface area contributed by atoms with E-state index in [0.29, 0.717) is 30.1 Å². The molecule has 0 spiro atoms. The van der Waals surface area contributed by atoms with Crippen molar-refractivity contribution < 1.29 is 19.0 Å². The topological polar surface area (TPSA) is 44.8 Å². The van der Waals surface area contributed by atoms with E-state index >= 15 is 0 Å². The summed E-state index contributed by atoms with van der Waals surface area (Å²) in [5.41, 5.74) is 0. The van der Waals surface area contributed by atoms with Crippen molar-refractivity contribution in [2.75, 3.05) is 13.7 Å². The fourth-order valence-corrected chi connectivity index (χ4v) is 5.49. The molecule has 4 heteroatoms. The molecule has 0 aromatic heterocycles. The van der Waals surface area contributed by atoms with Crippen LogP contribution in [0.1, 0.15) is 84.0 Å². The van der Waals surface area contributed by atoms with Gasteiger partial charge in [-0.15, -0.1) is 0 Å². The molecular formula is C28H44O4. The molecule has 1 saturated carbocycles. The van der Waals surface area contributed by atoms with E-state index in [9.17, 15) is 4.79 Å². The lowest BCUT2D eigenvalue weighted by atomic mass is 9.80. The summed E-state index contributed by atoms with van der Waals surface area (Å²) in [5.74, 6) is 2.55. The van der Waals surface area contributed by atoms with Crippen LogP contribution in [-0.4, -0.2) is 32.1 Å². The first-order valence-electron chi connectivity index (χ1n) is 13.1. The summed E-state index contributed by atoms with van der Waals surface area (Å²) in [4.78, 5) is 11.2. The van der Waals surface area contributed by atoms with Crippen LogP contribution in [0.4, 0.5) is 0 Å². The van der Waals surface area contributed by atoms with Gasteiger partial charge in [-0.1, -0.05) is 62.6 Å². The van der Waals surface area contributed by atoms with E-state index in [4.69, 9.17) is 14.2 Å². The number of ether oxygens (including phenoxy) is 3. The van der Waals surface area contributed by atoms with Crippen LogP contribution in [0, 0.1) is 23.7 Å². The second-order valence-corrected chi connectivity index (χ2v) is 9.72. The Kier molecular flexibility index (Phi) is 11.0. The summed E-state index contributed by atoms with van der Waals surface area (Å²) in [6.07, 6.45) is 27.4. The molecule has 1 aliphatic heterocycles. The second-order valence-electron chi connectivity index (χ2n) is 9.72. The van der Waals surface area contributed by atoms with Gasteiger partial charge < -0.3 is 14.2 Å². The molecule has 1 saturated heterocycles. The Morgan fingerprint density at radius 3 is 2.81 bits per heavy atom. The van der Waals surface area contributed by atoms with E-state index in [1.165, 1.54) is 39.2 Å². The standard InChI is InChI=1S/C28H44O4/c1-3-4-7-12-24(32-28-15-10-11-20-31-28)18-19-26-23-17-16-22(21-23)25(26)13-8-5-6-9-14-27(29)30-2/h5,8,16-19,22-26,28H,3-4,6-7,9-15,20-21H2,1-2H3/b8-5-,19-18?/t22-,23-,24?,25?,26?,28?/m0/s1. The fourth-order valence-electron chi connectivity index (χ4n) is 5.49. The zero-order chi connectivity index (χ0) is 22.6. The summed E-state index contributed by atoms with van der Waals surface area (Å²) in [7, 11) is 1.45. The van der Waals surface area contributed by atoms with E-state index in [1.54, 1.807) is 0 Å². The Balaban J connectivity index is 1.52. The number of unbranched alkanes of at least 4 members (excludes halogenated alkanes) is 3. The first-order valence-corrected chi connectivity index (χ1v) is 13.1. The molecule has 2 aliphatic carbocycles. The summed E-state index contributed by atoms with van der Waals surface area (Å²) in [5, 5.41) is 0. The lowest BCUT2D eigenvalue weighted by Crippen LogP contribution is -2.27. The molecule has 0 radical (unpaired) electrons. The number of carbonyl (C=O) groups is 1. The van der Waals surface area contributed by atoms with Crippen molar-refractivity contribution in [3.63, 3.8) is 0 Å². The second kappa shape index (κ2) is 14.0. The third-order valence-electron chi connectivity index (χ3n) is 7.35. The Bertz CT molecular complexity index is 631. The molecule has 0 aromatic carbocycles. The molecule has 0 aromatic rings. The van der Waals surface area contributed by atoms with Crippen LogP contribution >= 0.6 is 0 Å². The molecule has 1 heterocycles. The summed E-state index contributed by atoms with van der Waals surface area (Å²) in [6, 6.07) is 0. The average molecular weight is 445 g/mol. The van der Waals surface area contributed by atoms with Crippen LogP contribution in [0.5, 0.6) is 0 Å². The monoisotopic (exact) mass is 444 g/mol. The number of rotatable bonds is 14. The Labute approximate surface area is 195 Å². The maximum absolute atomic E-state index is 11.2. The third kappa shape index (κ3) is 7.88. The molecule has 2 bridgehead atoms. The Hall–Kier alpha value is -1.39. The zero-order valence-electron chi connectivity index (χ0n) is 20.3. The van der Waals surface area contributed by atoms with Gasteiger partial charge in [0.1, 0.15) is 0 Å². The van der Waals surface area contributed by atoms with Gasteiger partial charge >= 0.3 is 5.97 Å². The maximum atomic E-state index is 11.2. The van der Waals surface area contributed by atoms with Gasteiger partial charge in [-0.3, -0.25) is 4.79 Å². The molecule has 180 valence electrons. The van der Waals surface area contributed by atoms with E-state index in [2.05, 4.69) is 43.4 Å². The van der Waals surface area contributed by atoms with Crippen molar-refractivity contribution in [1.29, 1.82) is 0 Å². The average Bonchev–Trinajstić information content (AvgIpc) is 3.42. The van der Waals surface area contributed by atoms with Crippen molar-refractivity contribution in [2.24, 2.45) is 23.7 Å². The molecule has 32 heavy (non-hydrogen) atoms. The summed E-state index contributed by atoms with van der Waals surface area (Å²) < 4.78 is 17.0. The molecule has 0 N–H and O–H groups in total. The van der Waals surface area contributed by atoms with Crippen LogP contribution < -0.4 is 0 Å². The highest BCUT2D eigenvalue weighted by Gasteiger charge is 2.42. The van der Waals surface area contributed by atoms with Gasteiger partial charge in [0.15, 0.2) is 6.29 Å². The Morgan fingerprint density at radius 1 is 1.16 bits per heavy atom. The smallest absolute Gasteiger partial charge is 0.305 e. The molecule has 2 fully saturated rings. The molecule has 6 atom stereocenters. The number of hydrogen-bond donors (Lipinski definition) is 0. The predicted octanol–water partition coefficient (Wildman–Crippen LogP) is 6.76. The first kappa shape index (κ1) is 25.2. The highest BCUT2D eigenvalue weighted by molar-refractivity contribution is 5.69. The van der Waals surface area contributed by atoms with Crippen LogP contribution in [0.25, 0.3) is 0 Å². The number of allylic oxidation sites excluding steroid dienone is 5. The van der Waals surface area contributed by atoms with E-state index < -0.39 is 0 Å². The SMILES string of the molecule is CCCCCC(C=CC1C(C/C=C\CCCC(=O)OC)[C@H]2C=C[C@H]1C2)OC1CCCCO1. The van der Waals surface area contributed by atoms with Crippen LogP contribution in [-0.2, 0) is 19.0 Å². The number of carbonyl (C=O) groups excluding carboxylic acids is 1. The fraction of sp³-hybridized carbons (Fsp3) is 0.750. The van der Waals surface area contributed by atoms with E-state index in [0.717, 1.165) is 45.1 Å². The zero-order valence-corrected chi connectivity index (χ0v) is 20.3. The first-order chi connectivity index (χ1) is 15.7. The third-order valence-corrected chi connectivity index (χ3v) is 7.35. The van der Waals surface area contributed by atoms with Gasteiger partial charge in [-0.05, 0) is 75.0 Å². The molecule has 4 unspecified atom stereocenters. The van der Waals surface area contributed by atoms with Crippen LogP contribution in [0.2, 0.25) is 0 Å². The molecule has 3 rings (SSSR count). The minimum atomic E-state index is -0.115. The number of esters is 1. The lowest BCUT2D eigenvalue weighted by molar-refractivity contribution is -0.179. The highest BCUT2D eigenvalue weighted by Crippen LogP contribution is 2.50. The lowest BCUT2D eigenvalue weighted by Gasteiger charge is -2.28. The van der Waals surface area contributed by atoms with Crippen molar-refractivity contribution in [3.8, 4) is 0 Å². The number of fused-ring (bicyclic) bond motifs is 2. The van der Waals surface area contributed by atoms with Gasteiger partial charge in [-0.25, -0.2) is 0 Å². The van der Waals surface area contributed by atoms with Crippen LogP contribution in [0.3, 0.4) is 0 Å². The molecule has 0 amide bonds. The summed E-state index contributed by atoms with van der Waals surface area (Å²) >= 11 is 0. The molecular weight excluding hydrogens is 400 g/mol. The van der Waals surface area contributed by atoms with Gasteiger partial charge in [0.05, 0.1) is 13.2 Å². The molecule has 4 nitrogen and oxygen atoms in total. The van der Waals surface area contributed by atoms with Gasteiger partial charge in [0, 0.05) is 13.0 Å². The largest absolute Gasteiger partial charge is 0.469 e. The minimum Gasteiger partial charge on any atom is -0.469 e. The quantitative estimate of drug-likeness (QED) is 0.169. The minimum absolute atomic E-state index is 0.0244.